The normalized spacial score (nSPS) is 13.2. The first kappa shape index (κ1) is 18.1. The number of aliphatic hydroxyl groups excluding tert-OH is 1. The molecular weight excluding hydrogens is 262 g/mol. The van der Waals surface area contributed by atoms with Gasteiger partial charge in [-0.15, -0.1) is 0 Å². The molecule has 1 atom stereocenters. The van der Waals surface area contributed by atoms with Crippen LogP contribution in [0.4, 0.5) is 0 Å². The maximum Gasteiger partial charge on any atom is 0.309 e. The molecule has 8 heteroatoms. The molecule has 8 nitrogen and oxygen atoms in total. The molecule has 0 spiro atoms. The minimum Gasteiger partial charge on any atom is -0.394 e. The van der Waals surface area contributed by atoms with E-state index in [1.54, 1.807) is 32.1 Å². The average molecular weight is 285 g/mol. The molecule has 1 amide bonds. The van der Waals surface area contributed by atoms with Gasteiger partial charge in [-0.3, -0.25) is 19.6 Å². The van der Waals surface area contributed by atoms with Crippen LogP contribution in [0.1, 0.15) is 13.8 Å². The van der Waals surface area contributed by atoms with Gasteiger partial charge in [-0.1, -0.05) is 6.58 Å². The highest BCUT2D eigenvalue weighted by Gasteiger charge is 2.10. The van der Waals surface area contributed by atoms with Gasteiger partial charge in [-0.05, 0) is 13.8 Å². The Hall–Kier alpha value is -1.93. The van der Waals surface area contributed by atoms with Gasteiger partial charge in [0.2, 0.25) is 0 Å². The van der Waals surface area contributed by atoms with Crippen LogP contribution in [0.2, 0.25) is 0 Å². The van der Waals surface area contributed by atoms with Gasteiger partial charge < -0.3 is 10.4 Å². The van der Waals surface area contributed by atoms with Crippen molar-refractivity contribution >= 4 is 18.0 Å². The highest BCUT2D eigenvalue weighted by atomic mass is 16.6. The average Bonchev–Trinajstić information content (AvgIpc) is 2.40. The van der Waals surface area contributed by atoms with Gasteiger partial charge in [0.15, 0.2) is 5.84 Å². The van der Waals surface area contributed by atoms with Gasteiger partial charge in [0.1, 0.15) is 0 Å². The highest BCUT2D eigenvalue weighted by molar-refractivity contribution is 6.37. The van der Waals surface area contributed by atoms with E-state index in [2.05, 4.69) is 32.3 Å². The molecule has 114 valence electrons. The molecule has 0 radical (unpaired) electrons. The Labute approximate surface area is 119 Å². The standard InChI is InChI=1S/C12H23N5O3/c1-9(2)17(6-7-18)14-8-10(3)15-11(13-4)12(19)16-20-5/h8,10,18H,1,6-7H2,2-5H3,(H,13,15)(H,16,19)/b14-8-. The predicted molar refractivity (Wildman–Crippen MR) is 78.2 cm³/mol. The Morgan fingerprint density at radius 1 is 1.60 bits per heavy atom. The number of likely N-dealkylation sites (N-methyl/N-ethyl adjacent to an activating group) is 1. The van der Waals surface area contributed by atoms with E-state index in [1.165, 1.54) is 7.11 Å². The van der Waals surface area contributed by atoms with Crippen LogP contribution in [0.3, 0.4) is 0 Å². The molecule has 0 fully saturated rings. The Kier molecular flexibility index (Phi) is 8.97. The van der Waals surface area contributed by atoms with Crippen molar-refractivity contribution in [1.82, 2.24) is 15.8 Å². The topological polar surface area (TPSA) is 98.5 Å². The van der Waals surface area contributed by atoms with Crippen molar-refractivity contribution in [3.8, 4) is 0 Å². The lowest BCUT2D eigenvalue weighted by Crippen LogP contribution is -2.38. The van der Waals surface area contributed by atoms with Gasteiger partial charge >= 0.3 is 5.91 Å². The third kappa shape index (κ3) is 6.86. The summed E-state index contributed by atoms with van der Waals surface area (Å²) in [5.74, 6) is -0.336. The van der Waals surface area contributed by atoms with Crippen LogP contribution in [0.15, 0.2) is 22.4 Å². The molecule has 0 rings (SSSR count). The van der Waals surface area contributed by atoms with E-state index in [4.69, 9.17) is 5.11 Å². The molecule has 0 aromatic heterocycles. The van der Waals surface area contributed by atoms with Gasteiger partial charge in [0, 0.05) is 19.0 Å². The van der Waals surface area contributed by atoms with Gasteiger partial charge in [0.05, 0.1) is 26.3 Å². The van der Waals surface area contributed by atoms with Gasteiger partial charge in [-0.25, -0.2) is 5.48 Å². The number of hydrogen-bond donors (Lipinski definition) is 3. The zero-order valence-corrected chi connectivity index (χ0v) is 12.4. The molecule has 0 aliphatic heterocycles. The fourth-order valence-corrected chi connectivity index (χ4v) is 1.23. The summed E-state index contributed by atoms with van der Waals surface area (Å²) in [7, 11) is 2.93. The van der Waals surface area contributed by atoms with Crippen LogP contribution < -0.4 is 10.8 Å². The second-order valence-corrected chi connectivity index (χ2v) is 3.95. The summed E-state index contributed by atoms with van der Waals surface area (Å²) >= 11 is 0. The van der Waals surface area contributed by atoms with Crippen LogP contribution in [-0.4, -0.2) is 61.4 Å². The number of hydrogen-bond acceptors (Lipinski definition) is 6. The zero-order chi connectivity index (χ0) is 15.5. The number of nitrogens with one attached hydrogen (secondary N) is 2. The van der Waals surface area contributed by atoms with Crippen molar-refractivity contribution in [2.24, 2.45) is 10.1 Å². The van der Waals surface area contributed by atoms with E-state index in [0.717, 1.165) is 0 Å². The summed E-state index contributed by atoms with van der Waals surface area (Å²) in [5.41, 5.74) is 2.88. The third-order valence-electron chi connectivity index (χ3n) is 2.15. The predicted octanol–water partition coefficient (Wildman–Crippen LogP) is -0.516. The molecule has 0 bridgehead atoms. The number of allylic oxidation sites excluding steroid dienone is 1. The highest BCUT2D eigenvalue weighted by Crippen LogP contribution is 2.00. The Balaban J connectivity index is 4.75. The largest absolute Gasteiger partial charge is 0.394 e. The summed E-state index contributed by atoms with van der Waals surface area (Å²) in [6.07, 6.45) is 1.56. The van der Waals surface area contributed by atoms with Gasteiger partial charge in [0.25, 0.3) is 0 Å². The molecule has 3 N–H and O–H groups in total. The SMILES string of the molecule is C=C(C)N(CCO)/N=C\C(C)/N=C(\NC)C(=O)NOC. The second-order valence-electron chi connectivity index (χ2n) is 3.95. The van der Waals surface area contributed by atoms with Crippen molar-refractivity contribution < 1.29 is 14.7 Å². The molecule has 0 saturated heterocycles. The molecule has 1 unspecified atom stereocenters. The van der Waals surface area contributed by atoms with E-state index < -0.39 is 5.91 Å². The lowest BCUT2D eigenvalue weighted by atomic mass is 10.4. The van der Waals surface area contributed by atoms with E-state index in [1.807, 2.05) is 0 Å². The van der Waals surface area contributed by atoms with Crippen LogP contribution >= 0.6 is 0 Å². The molecule has 0 aromatic carbocycles. The molecule has 0 aromatic rings. The Bertz CT molecular complexity index is 381. The number of aliphatic hydroxyl groups is 1. The van der Waals surface area contributed by atoms with E-state index in [-0.39, 0.29) is 18.5 Å². The van der Waals surface area contributed by atoms with E-state index in [9.17, 15) is 4.79 Å². The van der Waals surface area contributed by atoms with Crippen molar-refractivity contribution in [1.29, 1.82) is 0 Å². The lowest BCUT2D eigenvalue weighted by molar-refractivity contribution is -0.124. The monoisotopic (exact) mass is 285 g/mol. The zero-order valence-electron chi connectivity index (χ0n) is 12.4. The fourth-order valence-electron chi connectivity index (χ4n) is 1.23. The molecule has 0 saturated carbocycles. The molecular formula is C12H23N5O3. The maximum atomic E-state index is 11.5. The van der Waals surface area contributed by atoms with Crippen molar-refractivity contribution in [2.45, 2.75) is 19.9 Å². The first-order valence-corrected chi connectivity index (χ1v) is 6.13. The number of carbonyl (C=O) groups is 1. The third-order valence-corrected chi connectivity index (χ3v) is 2.15. The number of aliphatic imine (C=N–C) groups is 1. The van der Waals surface area contributed by atoms with Crippen LogP contribution in [0.25, 0.3) is 0 Å². The van der Waals surface area contributed by atoms with Crippen LogP contribution in [0.5, 0.6) is 0 Å². The Morgan fingerprint density at radius 2 is 2.25 bits per heavy atom. The molecule has 0 aliphatic carbocycles. The maximum absolute atomic E-state index is 11.5. The number of nitrogens with zero attached hydrogens (tertiary/aromatic N) is 3. The second kappa shape index (κ2) is 9.93. The summed E-state index contributed by atoms with van der Waals surface area (Å²) in [6.45, 7) is 7.64. The summed E-state index contributed by atoms with van der Waals surface area (Å²) in [5, 5.41) is 17.3. The fraction of sp³-hybridized carbons (Fsp3) is 0.583. The smallest absolute Gasteiger partial charge is 0.309 e. The van der Waals surface area contributed by atoms with Crippen molar-refractivity contribution in [3.63, 3.8) is 0 Å². The summed E-state index contributed by atoms with van der Waals surface area (Å²) in [6, 6.07) is -0.333. The van der Waals surface area contributed by atoms with Gasteiger partial charge in [-0.2, -0.15) is 5.10 Å². The van der Waals surface area contributed by atoms with Crippen molar-refractivity contribution in [3.05, 3.63) is 12.3 Å². The minimum absolute atomic E-state index is 0.0279. The number of rotatable bonds is 7. The number of hydroxylamine groups is 1. The number of amides is 1. The number of hydrazone groups is 1. The first-order chi connectivity index (χ1) is 9.46. The van der Waals surface area contributed by atoms with Crippen LogP contribution in [-0.2, 0) is 9.63 Å². The van der Waals surface area contributed by atoms with E-state index >= 15 is 0 Å². The summed E-state index contributed by atoms with van der Waals surface area (Å²) < 4.78 is 0. The summed E-state index contributed by atoms with van der Waals surface area (Å²) in [4.78, 5) is 20.2. The van der Waals surface area contributed by atoms with Crippen molar-refractivity contribution in [2.75, 3.05) is 27.3 Å². The Morgan fingerprint density at radius 3 is 2.70 bits per heavy atom. The quantitative estimate of drug-likeness (QED) is 0.332. The minimum atomic E-state index is -0.470. The van der Waals surface area contributed by atoms with Crippen LogP contribution in [0, 0.1) is 0 Å². The molecule has 20 heavy (non-hydrogen) atoms. The lowest BCUT2D eigenvalue weighted by Gasteiger charge is -2.17. The number of carbonyl (C=O) groups excluding carboxylic acids is 1. The first-order valence-electron chi connectivity index (χ1n) is 6.13. The molecule has 0 heterocycles. The molecule has 0 aliphatic rings. The van der Waals surface area contributed by atoms with E-state index in [0.29, 0.717) is 12.2 Å². The number of amidine groups is 1.